The number of methoxy groups -OCH3 is 1. The van der Waals surface area contributed by atoms with Gasteiger partial charge < -0.3 is 9.47 Å². The second kappa shape index (κ2) is 8.27. The number of carbonyl (C=O) groups excluding carboxylic acids is 1. The van der Waals surface area contributed by atoms with Gasteiger partial charge in [0.15, 0.2) is 0 Å². The Morgan fingerprint density at radius 1 is 1.40 bits per heavy atom. The minimum absolute atomic E-state index is 0.202. The molecular weight excluding hydrogens is 322 g/mol. The Morgan fingerprint density at radius 2 is 2.10 bits per heavy atom. The molecule has 0 aromatic heterocycles. The zero-order chi connectivity index (χ0) is 15.1. The van der Waals surface area contributed by atoms with Gasteiger partial charge in [-0.25, -0.2) is 4.79 Å². The van der Waals surface area contributed by atoms with E-state index < -0.39 is 6.04 Å². The van der Waals surface area contributed by atoms with Crippen molar-refractivity contribution in [3.05, 3.63) is 28.2 Å². The molecule has 0 aliphatic rings. The molecule has 1 aromatic rings. The molecule has 4 nitrogen and oxygen atoms in total. The molecule has 2 unspecified atom stereocenters. The Kier molecular flexibility index (Phi) is 7.02. The molecule has 2 atom stereocenters. The number of nitrogens with one attached hydrogen (secondary N) is 1. The van der Waals surface area contributed by atoms with Gasteiger partial charge in [-0.15, -0.1) is 0 Å². The molecule has 0 spiro atoms. The molecule has 0 aliphatic carbocycles. The SMILES string of the molecule is CCOC(=O)C(NC(C)CC)c1cc(Br)ccc1OC. The summed E-state index contributed by atoms with van der Waals surface area (Å²) in [5.74, 6) is 0.381. The van der Waals surface area contributed by atoms with Crippen LogP contribution in [0.25, 0.3) is 0 Å². The zero-order valence-electron chi connectivity index (χ0n) is 12.4. The van der Waals surface area contributed by atoms with Crippen LogP contribution in [0.15, 0.2) is 22.7 Å². The largest absolute Gasteiger partial charge is 0.496 e. The van der Waals surface area contributed by atoms with Crippen LogP contribution in [0.2, 0.25) is 0 Å². The summed E-state index contributed by atoms with van der Waals surface area (Å²) >= 11 is 3.43. The fourth-order valence-corrected chi connectivity index (χ4v) is 2.22. The van der Waals surface area contributed by atoms with Crippen LogP contribution in [0, 0.1) is 0 Å². The van der Waals surface area contributed by atoms with E-state index in [4.69, 9.17) is 9.47 Å². The van der Waals surface area contributed by atoms with E-state index in [0.29, 0.717) is 12.4 Å². The minimum atomic E-state index is -0.530. The van der Waals surface area contributed by atoms with Crippen LogP contribution in [0.4, 0.5) is 0 Å². The van der Waals surface area contributed by atoms with Crippen molar-refractivity contribution in [2.45, 2.75) is 39.3 Å². The molecule has 0 bridgehead atoms. The summed E-state index contributed by atoms with van der Waals surface area (Å²) in [4.78, 5) is 12.2. The van der Waals surface area contributed by atoms with Crippen LogP contribution in [0.5, 0.6) is 5.75 Å². The summed E-state index contributed by atoms with van der Waals surface area (Å²) in [7, 11) is 1.60. The fourth-order valence-electron chi connectivity index (χ4n) is 1.84. The predicted octanol–water partition coefficient (Wildman–Crippen LogP) is 3.45. The van der Waals surface area contributed by atoms with Gasteiger partial charge in [0.05, 0.1) is 13.7 Å². The van der Waals surface area contributed by atoms with Crippen LogP contribution in [0.3, 0.4) is 0 Å². The highest BCUT2D eigenvalue weighted by Gasteiger charge is 2.26. The molecule has 5 heteroatoms. The predicted molar refractivity (Wildman–Crippen MR) is 83.0 cm³/mol. The Hall–Kier alpha value is -1.07. The van der Waals surface area contributed by atoms with Crippen molar-refractivity contribution in [1.82, 2.24) is 5.32 Å². The molecule has 20 heavy (non-hydrogen) atoms. The molecule has 0 radical (unpaired) electrons. The Morgan fingerprint density at radius 3 is 2.65 bits per heavy atom. The van der Waals surface area contributed by atoms with Crippen LogP contribution in [-0.4, -0.2) is 25.7 Å². The van der Waals surface area contributed by atoms with Crippen molar-refractivity contribution in [3.63, 3.8) is 0 Å². The van der Waals surface area contributed by atoms with Crippen molar-refractivity contribution >= 4 is 21.9 Å². The van der Waals surface area contributed by atoms with Crippen molar-refractivity contribution in [3.8, 4) is 5.75 Å². The third-order valence-corrected chi connectivity index (χ3v) is 3.58. The van der Waals surface area contributed by atoms with Gasteiger partial charge in [0.25, 0.3) is 0 Å². The van der Waals surface area contributed by atoms with Gasteiger partial charge in [-0.2, -0.15) is 0 Å². The zero-order valence-corrected chi connectivity index (χ0v) is 14.0. The maximum atomic E-state index is 12.2. The molecule has 1 rings (SSSR count). The summed E-state index contributed by atoms with van der Waals surface area (Å²) in [6.45, 7) is 6.26. The number of hydrogen-bond acceptors (Lipinski definition) is 4. The highest BCUT2D eigenvalue weighted by Crippen LogP contribution is 2.29. The van der Waals surface area contributed by atoms with Crippen molar-refractivity contribution < 1.29 is 14.3 Å². The van der Waals surface area contributed by atoms with Crippen molar-refractivity contribution in [2.24, 2.45) is 0 Å². The van der Waals surface area contributed by atoms with Gasteiger partial charge in [0.2, 0.25) is 0 Å². The van der Waals surface area contributed by atoms with E-state index in [0.717, 1.165) is 16.5 Å². The number of hydrogen-bond donors (Lipinski definition) is 1. The number of halogens is 1. The molecule has 0 heterocycles. The van der Waals surface area contributed by atoms with E-state index in [-0.39, 0.29) is 12.0 Å². The van der Waals surface area contributed by atoms with E-state index >= 15 is 0 Å². The maximum absolute atomic E-state index is 12.2. The quantitative estimate of drug-likeness (QED) is 0.770. The van der Waals surface area contributed by atoms with Crippen LogP contribution < -0.4 is 10.1 Å². The lowest BCUT2D eigenvalue weighted by Crippen LogP contribution is -2.36. The second-order valence-corrected chi connectivity index (χ2v) is 5.46. The number of rotatable bonds is 7. The topological polar surface area (TPSA) is 47.6 Å². The summed E-state index contributed by atoms with van der Waals surface area (Å²) in [5, 5.41) is 3.29. The number of carbonyl (C=O) groups is 1. The van der Waals surface area contributed by atoms with Gasteiger partial charge >= 0.3 is 5.97 Å². The summed E-state index contributed by atoms with van der Waals surface area (Å²) in [6, 6.07) is 5.28. The molecular formula is C15H22BrNO3. The minimum Gasteiger partial charge on any atom is -0.496 e. The smallest absolute Gasteiger partial charge is 0.327 e. The second-order valence-electron chi connectivity index (χ2n) is 4.55. The molecule has 0 aliphatic heterocycles. The third kappa shape index (κ3) is 4.49. The average molecular weight is 344 g/mol. The number of ether oxygens (including phenoxy) is 2. The lowest BCUT2D eigenvalue weighted by molar-refractivity contribution is -0.146. The van der Waals surface area contributed by atoms with E-state index in [2.05, 4.69) is 28.2 Å². The fraction of sp³-hybridized carbons (Fsp3) is 0.533. The lowest BCUT2D eigenvalue weighted by atomic mass is 10.0. The van der Waals surface area contributed by atoms with Crippen molar-refractivity contribution in [2.75, 3.05) is 13.7 Å². The molecule has 1 N–H and O–H groups in total. The van der Waals surface area contributed by atoms with Gasteiger partial charge in [0.1, 0.15) is 11.8 Å². The van der Waals surface area contributed by atoms with Gasteiger partial charge in [-0.3, -0.25) is 5.32 Å². The van der Waals surface area contributed by atoms with E-state index in [9.17, 15) is 4.79 Å². The Bertz CT molecular complexity index is 451. The first kappa shape index (κ1) is 17.0. The summed E-state index contributed by atoms with van der Waals surface area (Å²) in [5.41, 5.74) is 0.778. The highest BCUT2D eigenvalue weighted by atomic mass is 79.9. The molecule has 112 valence electrons. The number of esters is 1. The van der Waals surface area contributed by atoms with Crippen LogP contribution in [-0.2, 0) is 9.53 Å². The van der Waals surface area contributed by atoms with E-state index in [1.54, 1.807) is 14.0 Å². The van der Waals surface area contributed by atoms with Gasteiger partial charge in [0, 0.05) is 16.1 Å². The molecule has 0 saturated carbocycles. The van der Waals surface area contributed by atoms with Gasteiger partial charge in [-0.05, 0) is 38.5 Å². The average Bonchev–Trinajstić information content (AvgIpc) is 2.44. The van der Waals surface area contributed by atoms with E-state index in [1.165, 1.54) is 0 Å². The lowest BCUT2D eigenvalue weighted by Gasteiger charge is -2.23. The third-order valence-electron chi connectivity index (χ3n) is 3.09. The monoisotopic (exact) mass is 343 g/mol. The maximum Gasteiger partial charge on any atom is 0.327 e. The van der Waals surface area contributed by atoms with Crippen LogP contribution in [0.1, 0.15) is 38.8 Å². The molecule has 0 fully saturated rings. The number of benzene rings is 1. The van der Waals surface area contributed by atoms with E-state index in [1.807, 2.05) is 25.1 Å². The summed E-state index contributed by atoms with van der Waals surface area (Å²) < 4.78 is 11.4. The Labute approximate surface area is 129 Å². The van der Waals surface area contributed by atoms with Crippen LogP contribution >= 0.6 is 15.9 Å². The first-order valence-corrected chi connectivity index (χ1v) is 7.58. The summed E-state index contributed by atoms with van der Waals surface area (Å²) in [6.07, 6.45) is 0.923. The first-order chi connectivity index (χ1) is 9.53. The molecule has 0 saturated heterocycles. The normalized spacial score (nSPS) is 13.7. The highest BCUT2D eigenvalue weighted by molar-refractivity contribution is 9.10. The van der Waals surface area contributed by atoms with Crippen molar-refractivity contribution in [1.29, 1.82) is 0 Å². The molecule has 1 aromatic carbocycles. The first-order valence-electron chi connectivity index (χ1n) is 6.79. The Balaban J connectivity index is 3.14. The van der Waals surface area contributed by atoms with Gasteiger partial charge in [-0.1, -0.05) is 22.9 Å². The molecule has 0 amide bonds. The standard InChI is InChI=1S/C15H22BrNO3/c1-5-10(3)17-14(15(18)20-6-2)12-9-11(16)7-8-13(12)19-4/h7-10,14,17H,5-6H2,1-4H3.